The van der Waals surface area contributed by atoms with Crippen molar-refractivity contribution in [2.24, 2.45) is 10.9 Å². The zero-order valence-electron chi connectivity index (χ0n) is 19.5. The number of guanidine groups is 1. The molecule has 0 aliphatic carbocycles. The predicted octanol–water partition coefficient (Wildman–Crippen LogP) is 2.94. The number of amides is 2. The van der Waals surface area contributed by atoms with Crippen LogP contribution in [0.4, 0.5) is 9.59 Å². The van der Waals surface area contributed by atoms with E-state index in [1.54, 1.807) is 11.9 Å². The van der Waals surface area contributed by atoms with E-state index in [1.807, 2.05) is 41.5 Å². The maximum Gasteiger partial charge on any atom is 0.410 e. The lowest BCUT2D eigenvalue weighted by molar-refractivity contribution is 0.0185. The van der Waals surface area contributed by atoms with Crippen LogP contribution in [0.5, 0.6) is 0 Å². The minimum absolute atomic E-state index is 0. The number of likely N-dealkylation sites (tertiary alicyclic amines) is 1. The third-order valence-electron chi connectivity index (χ3n) is 4.13. The van der Waals surface area contributed by atoms with Crippen molar-refractivity contribution in [2.45, 2.75) is 65.6 Å². The van der Waals surface area contributed by atoms with Gasteiger partial charge in [0, 0.05) is 39.8 Å². The molecule has 1 rings (SSSR count). The van der Waals surface area contributed by atoms with Crippen LogP contribution in [0, 0.1) is 5.92 Å². The van der Waals surface area contributed by atoms with Crippen LogP contribution in [0.25, 0.3) is 0 Å². The molecule has 0 spiro atoms. The normalized spacial score (nSPS) is 15.7. The lowest BCUT2D eigenvalue weighted by atomic mass is 9.97. The van der Waals surface area contributed by atoms with Crippen LogP contribution in [0.15, 0.2) is 4.99 Å². The van der Waals surface area contributed by atoms with E-state index in [9.17, 15) is 9.59 Å². The van der Waals surface area contributed by atoms with Gasteiger partial charge in [0.05, 0.1) is 0 Å². The molecular weight excluding hydrogens is 501 g/mol. The molecule has 1 aliphatic rings. The van der Waals surface area contributed by atoms with Crippen LogP contribution < -0.4 is 16.0 Å². The molecule has 0 aromatic heterocycles. The quantitative estimate of drug-likeness (QED) is 0.214. The Labute approximate surface area is 198 Å². The van der Waals surface area contributed by atoms with Crippen LogP contribution in [0.2, 0.25) is 0 Å². The maximum absolute atomic E-state index is 12.1. The predicted molar refractivity (Wildman–Crippen MR) is 130 cm³/mol. The first-order valence-electron chi connectivity index (χ1n) is 10.3. The number of hydrogen-bond donors (Lipinski definition) is 3. The summed E-state index contributed by atoms with van der Waals surface area (Å²) in [4.78, 5) is 29.7. The first-order valence-corrected chi connectivity index (χ1v) is 10.3. The van der Waals surface area contributed by atoms with Crippen LogP contribution in [-0.4, -0.2) is 74.0 Å². The number of alkyl carbamates (subject to hydrolysis) is 1. The average Bonchev–Trinajstić information content (AvgIpc) is 2.58. The fraction of sp³-hybridized carbons (Fsp3) is 0.850. The molecule has 9 nitrogen and oxygen atoms in total. The van der Waals surface area contributed by atoms with Crippen molar-refractivity contribution < 1.29 is 19.1 Å². The van der Waals surface area contributed by atoms with Crippen molar-refractivity contribution in [1.82, 2.24) is 20.9 Å². The Morgan fingerprint density at radius 3 is 1.97 bits per heavy atom. The molecule has 3 N–H and O–H groups in total. The van der Waals surface area contributed by atoms with Crippen molar-refractivity contribution in [3.05, 3.63) is 0 Å². The number of ether oxygens (including phenoxy) is 2. The first-order chi connectivity index (χ1) is 13.4. The number of rotatable bonds is 5. The molecule has 1 fully saturated rings. The second-order valence-corrected chi connectivity index (χ2v) is 9.22. The Morgan fingerprint density at radius 2 is 1.47 bits per heavy atom. The molecule has 1 aliphatic heterocycles. The zero-order chi connectivity index (χ0) is 22.1. The third kappa shape index (κ3) is 13.0. The van der Waals surface area contributed by atoms with Gasteiger partial charge in [0.25, 0.3) is 0 Å². The SMILES string of the molecule is CN=C(NCCNC(=O)OC(C)(C)C)NCC1CCN(C(=O)OC(C)(C)C)CC1.I. The summed E-state index contributed by atoms with van der Waals surface area (Å²) in [5, 5.41) is 9.17. The second kappa shape index (κ2) is 13.1. The van der Waals surface area contributed by atoms with Gasteiger partial charge < -0.3 is 30.3 Å². The van der Waals surface area contributed by atoms with Crippen LogP contribution in [0.1, 0.15) is 54.4 Å². The number of nitrogens with one attached hydrogen (secondary N) is 3. The van der Waals surface area contributed by atoms with Gasteiger partial charge in [-0.3, -0.25) is 4.99 Å². The van der Waals surface area contributed by atoms with E-state index >= 15 is 0 Å². The van der Waals surface area contributed by atoms with Gasteiger partial charge >= 0.3 is 12.2 Å². The summed E-state index contributed by atoms with van der Waals surface area (Å²) >= 11 is 0. The monoisotopic (exact) mass is 541 g/mol. The number of nitrogens with zero attached hydrogens (tertiary/aromatic N) is 2. The van der Waals surface area contributed by atoms with Gasteiger partial charge in [-0.05, 0) is 60.3 Å². The highest BCUT2D eigenvalue weighted by Gasteiger charge is 2.26. The Bertz CT molecular complexity index is 565. The van der Waals surface area contributed by atoms with Gasteiger partial charge in [-0.15, -0.1) is 24.0 Å². The lowest BCUT2D eigenvalue weighted by Crippen LogP contribution is -2.46. The zero-order valence-corrected chi connectivity index (χ0v) is 21.8. The molecule has 0 aromatic carbocycles. The topological polar surface area (TPSA) is 104 Å². The number of hydrogen-bond acceptors (Lipinski definition) is 5. The molecule has 0 saturated carbocycles. The van der Waals surface area contributed by atoms with E-state index in [-0.39, 0.29) is 30.1 Å². The highest BCUT2D eigenvalue weighted by molar-refractivity contribution is 14.0. The molecular formula is C20H40IN5O4. The summed E-state index contributed by atoms with van der Waals surface area (Å²) in [6.45, 7) is 14.3. The number of halogens is 1. The van der Waals surface area contributed by atoms with E-state index in [0.717, 1.165) is 19.4 Å². The fourth-order valence-corrected chi connectivity index (χ4v) is 2.77. The van der Waals surface area contributed by atoms with Crippen molar-refractivity contribution >= 4 is 42.1 Å². The van der Waals surface area contributed by atoms with Crippen LogP contribution in [-0.2, 0) is 9.47 Å². The number of aliphatic imine (C=N–C) groups is 1. The highest BCUT2D eigenvalue weighted by atomic mass is 127. The van der Waals surface area contributed by atoms with Crippen LogP contribution in [0.3, 0.4) is 0 Å². The average molecular weight is 541 g/mol. The van der Waals surface area contributed by atoms with Gasteiger partial charge in [-0.1, -0.05) is 0 Å². The summed E-state index contributed by atoms with van der Waals surface area (Å²) in [5.41, 5.74) is -0.972. The van der Waals surface area contributed by atoms with E-state index < -0.39 is 17.3 Å². The molecule has 0 aromatic rings. The van der Waals surface area contributed by atoms with Gasteiger partial charge in [0.1, 0.15) is 11.2 Å². The smallest absolute Gasteiger partial charge is 0.410 e. The maximum atomic E-state index is 12.1. The van der Waals surface area contributed by atoms with Crippen molar-refractivity contribution in [2.75, 3.05) is 39.8 Å². The molecule has 0 radical (unpaired) electrons. The van der Waals surface area contributed by atoms with Gasteiger partial charge in [0.2, 0.25) is 0 Å². The molecule has 176 valence electrons. The highest BCUT2D eigenvalue weighted by Crippen LogP contribution is 2.19. The molecule has 0 atom stereocenters. The van der Waals surface area contributed by atoms with E-state index in [0.29, 0.717) is 38.1 Å². The van der Waals surface area contributed by atoms with Gasteiger partial charge in [-0.2, -0.15) is 0 Å². The Morgan fingerprint density at radius 1 is 0.933 bits per heavy atom. The number of piperidine rings is 1. The molecule has 2 amide bonds. The van der Waals surface area contributed by atoms with Crippen molar-refractivity contribution in [3.63, 3.8) is 0 Å². The summed E-state index contributed by atoms with van der Waals surface area (Å²) in [7, 11) is 1.71. The minimum Gasteiger partial charge on any atom is -0.444 e. The lowest BCUT2D eigenvalue weighted by Gasteiger charge is -2.33. The van der Waals surface area contributed by atoms with Crippen molar-refractivity contribution in [1.29, 1.82) is 0 Å². The summed E-state index contributed by atoms with van der Waals surface area (Å²) < 4.78 is 10.6. The van der Waals surface area contributed by atoms with E-state index in [4.69, 9.17) is 9.47 Å². The van der Waals surface area contributed by atoms with Crippen LogP contribution >= 0.6 is 24.0 Å². The first kappa shape index (κ1) is 28.5. The summed E-state index contributed by atoms with van der Waals surface area (Å²) in [6, 6.07) is 0. The molecule has 1 heterocycles. The molecule has 0 unspecified atom stereocenters. The van der Waals surface area contributed by atoms with E-state index in [1.165, 1.54) is 0 Å². The molecule has 30 heavy (non-hydrogen) atoms. The summed E-state index contributed by atoms with van der Waals surface area (Å²) in [5.74, 6) is 1.15. The second-order valence-electron chi connectivity index (χ2n) is 9.22. The fourth-order valence-electron chi connectivity index (χ4n) is 2.77. The minimum atomic E-state index is -0.506. The number of carbonyl (C=O) groups is 2. The number of carbonyl (C=O) groups excluding carboxylic acids is 2. The Balaban J connectivity index is 0.00000841. The van der Waals surface area contributed by atoms with Gasteiger partial charge in [0.15, 0.2) is 5.96 Å². The van der Waals surface area contributed by atoms with E-state index in [2.05, 4.69) is 20.9 Å². The third-order valence-corrected chi connectivity index (χ3v) is 4.13. The Hall–Kier alpha value is -1.46. The van der Waals surface area contributed by atoms with Gasteiger partial charge in [-0.25, -0.2) is 9.59 Å². The standard InChI is InChI=1S/C20H39N5O4.HI/c1-19(2,3)28-17(26)23-11-10-22-16(21-7)24-14-15-8-12-25(13-9-15)18(27)29-20(4,5)6;/h15H,8-14H2,1-7H3,(H,23,26)(H2,21,22,24);1H. The largest absolute Gasteiger partial charge is 0.444 e. The van der Waals surface area contributed by atoms with Crippen molar-refractivity contribution in [3.8, 4) is 0 Å². The summed E-state index contributed by atoms with van der Waals surface area (Å²) in [6.07, 6.45) is 1.17. The molecule has 0 bridgehead atoms. The molecule has 1 saturated heterocycles. The molecule has 10 heteroatoms. The Kier molecular flexibility index (Phi) is 12.4.